The molecule has 0 aliphatic carbocycles. The molecule has 1 aromatic rings. The van der Waals surface area contributed by atoms with E-state index in [4.69, 9.17) is 11.0 Å². The molecule has 0 spiro atoms. The molecule has 1 aromatic carbocycles. The molecule has 104 valence electrons. The predicted octanol–water partition coefficient (Wildman–Crippen LogP) is 2.58. The Kier molecular flexibility index (Phi) is 4.32. The van der Waals surface area contributed by atoms with Crippen LogP contribution < -0.4 is 11.1 Å². The summed E-state index contributed by atoms with van der Waals surface area (Å²) in [4.78, 5) is 0. The summed E-state index contributed by atoms with van der Waals surface area (Å²) in [7, 11) is 0. The van der Waals surface area contributed by atoms with Gasteiger partial charge in [0.05, 0.1) is 29.9 Å². The Morgan fingerprint density at radius 2 is 1.84 bits per heavy atom. The van der Waals surface area contributed by atoms with Crippen LogP contribution in [0, 0.1) is 11.3 Å². The van der Waals surface area contributed by atoms with Gasteiger partial charge in [0.2, 0.25) is 0 Å². The van der Waals surface area contributed by atoms with Crippen LogP contribution in [0.4, 0.5) is 27.6 Å². The molecule has 0 fully saturated rings. The summed E-state index contributed by atoms with van der Waals surface area (Å²) in [6, 6.07) is 3.77. The molecule has 0 saturated carbocycles. The number of hydrogen-bond acceptors (Lipinski definition) is 3. The predicted molar refractivity (Wildman–Crippen MR) is 58.7 cm³/mol. The first kappa shape index (κ1) is 15.2. The van der Waals surface area contributed by atoms with Gasteiger partial charge in [0, 0.05) is 0 Å². The Bertz CT molecular complexity index is 490. The van der Waals surface area contributed by atoms with Crippen LogP contribution in [0.15, 0.2) is 18.2 Å². The smallest absolute Gasteiger partial charge is 0.378 e. The maximum absolute atomic E-state index is 12.9. The van der Waals surface area contributed by atoms with E-state index in [1.54, 1.807) is 0 Å². The van der Waals surface area contributed by atoms with E-state index in [0.717, 1.165) is 6.07 Å². The monoisotopic (exact) mass is 279 g/mol. The van der Waals surface area contributed by atoms with E-state index in [0.29, 0.717) is 12.1 Å². The third-order valence-corrected chi connectivity index (χ3v) is 2.30. The third kappa shape index (κ3) is 4.06. The van der Waals surface area contributed by atoms with Gasteiger partial charge in [0.15, 0.2) is 0 Å². The van der Waals surface area contributed by atoms with Crippen molar-refractivity contribution in [3.63, 3.8) is 0 Å². The van der Waals surface area contributed by atoms with Crippen LogP contribution in [-0.2, 0) is 6.18 Å². The topological polar surface area (TPSA) is 61.8 Å². The van der Waals surface area contributed by atoms with Crippen molar-refractivity contribution in [2.24, 2.45) is 5.73 Å². The Labute approximate surface area is 105 Å². The molecule has 19 heavy (non-hydrogen) atoms. The standard InChI is InChI=1S/C11H10F5N3/c12-10(13,5-18)6-19-9-2-1-8(11(14,15)16)3-7(9)4-17/h1-3,19H,5-6,18H2. The summed E-state index contributed by atoms with van der Waals surface area (Å²) in [5, 5.41) is 10.9. The summed E-state index contributed by atoms with van der Waals surface area (Å²) in [5.74, 6) is -3.20. The second-order valence-corrected chi connectivity index (χ2v) is 3.78. The summed E-state index contributed by atoms with van der Waals surface area (Å²) in [6.07, 6.45) is -4.59. The van der Waals surface area contributed by atoms with Gasteiger partial charge in [-0.2, -0.15) is 18.4 Å². The molecular weight excluding hydrogens is 269 g/mol. The molecule has 0 aromatic heterocycles. The SMILES string of the molecule is N#Cc1cc(C(F)(F)F)ccc1NCC(F)(F)CN. The molecule has 8 heteroatoms. The maximum atomic E-state index is 12.9. The number of nitrogens with zero attached hydrogens (tertiary/aromatic N) is 1. The minimum absolute atomic E-state index is 0.0939. The van der Waals surface area contributed by atoms with Crippen molar-refractivity contribution in [3.8, 4) is 6.07 Å². The number of hydrogen-bond donors (Lipinski definition) is 2. The molecule has 0 bridgehead atoms. The third-order valence-electron chi connectivity index (χ3n) is 2.30. The lowest BCUT2D eigenvalue weighted by Crippen LogP contribution is -2.35. The first-order valence-electron chi connectivity index (χ1n) is 5.13. The zero-order valence-electron chi connectivity index (χ0n) is 9.56. The average Bonchev–Trinajstić information content (AvgIpc) is 2.35. The number of nitrogens with one attached hydrogen (secondary N) is 1. The maximum Gasteiger partial charge on any atom is 0.416 e. The number of alkyl halides is 5. The fraction of sp³-hybridized carbons (Fsp3) is 0.364. The van der Waals surface area contributed by atoms with Gasteiger partial charge in [-0.25, -0.2) is 8.78 Å². The van der Waals surface area contributed by atoms with Gasteiger partial charge >= 0.3 is 6.18 Å². The lowest BCUT2D eigenvalue weighted by atomic mass is 10.1. The van der Waals surface area contributed by atoms with E-state index in [1.165, 1.54) is 6.07 Å². The van der Waals surface area contributed by atoms with Crippen molar-refractivity contribution in [1.29, 1.82) is 5.26 Å². The number of anilines is 1. The highest BCUT2D eigenvalue weighted by Crippen LogP contribution is 2.31. The minimum Gasteiger partial charge on any atom is -0.378 e. The number of rotatable bonds is 4. The summed E-state index contributed by atoms with van der Waals surface area (Å²) < 4.78 is 63.0. The van der Waals surface area contributed by atoms with Gasteiger partial charge in [-0.05, 0) is 18.2 Å². The summed E-state index contributed by atoms with van der Waals surface area (Å²) >= 11 is 0. The number of nitriles is 1. The lowest BCUT2D eigenvalue weighted by Gasteiger charge is -2.16. The fourth-order valence-electron chi connectivity index (χ4n) is 1.26. The van der Waals surface area contributed by atoms with Crippen molar-refractivity contribution in [3.05, 3.63) is 29.3 Å². The first-order chi connectivity index (χ1) is 8.69. The van der Waals surface area contributed by atoms with Crippen molar-refractivity contribution < 1.29 is 22.0 Å². The number of benzene rings is 1. The number of nitrogens with two attached hydrogens (primary N) is 1. The first-order valence-corrected chi connectivity index (χ1v) is 5.13. The highest BCUT2D eigenvalue weighted by Gasteiger charge is 2.31. The molecule has 0 aliphatic rings. The molecule has 0 amide bonds. The molecule has 0 heterocycles. The Morgan fingerprint density at radius 1 is 1.21 bits per heavy atom. The van der Waals surface area contributed by atoms with Crippen LogP contribution in [0.3, 0.4) is 0 Å². The largest absolute Gasteiger partial charge is 0.416 e. The lowest BCUT2D eigenvalue weighted by molar-refractivity contribution is -0.137. The van der Waals surface area contributed by atoms with Gasteiger partial charge in [-0.1, -0.05) is 0 Å². The van der Waals surface area contributed by atoms with Crippen LogP contribution in [-0.4, -0.2) is 19.0 Å². The van der Waals surface area contributed by atoms with E-state index >= 15 is 0 Å². The molecule has 0 unspecified atom stereocenters. The molecule has 3 nitrogen and oxygen atoms in total. The fourth-order valence-corrected chi connectivity index (χ4v) is 1.26. The van der Waals surface area contributed by atoms with Crippen molar-refractivity contribution in [2.75, 3.05) is 18.4 Å². The second-order valence-electron chi connectivity index (χ2n) is 3.78. The van der Waals surface area contributed by atoms with Crippen molar-refractivity contribution >= 4 is 5.69 Å². The highest BCUT2D eigenvalue weighted by molar-refractivity contribution is 5.59. The quantitative estimate of drug-likeness (QED) is 0.833. The van der Waals surface area contributed by atoms with Crippen LogP contribution in [0.2, 0.25) is 0 Å². The van der Waals surface area contributed by atoms with Crippen LogP contribution >= 0.6 is 0 Å². The number of halogens is 5. The Balaban J connectivity index is 2.96. The van der Waals surface area contributed by atoms with Gasteiger partial charge in [0.1, 0.15) is 6.07 Å². The molecular formula is C11H10F5N3. The Morgan fingerprint density at radius 3 is 2.32 bits per heavy atom. The second kappa shape index (κ2) is 5.40. The Hall–Kier alpha value is -1.88. The zero-order chi connectivity index (χ0) is 14.7. The van der Waals surface area contributed by atoms with E-state index in [2.05, 4.69) is 5.32 Å². The van der Waals surface area contributed by atoms with Gasteiger partial charge in [-0.3, -0.25) is 0 Å². The van der Waals surface area contributed by atoms with E-state index < -0.39 is 30.8 Å². The molecule has 0 saturated heterocycles. The summed E-state index contributed by atoms with van der Waals surface area (Å²) in [6.45, 7) is -1.76. The molecule has 0 atom stereocenters. The highest BCUT2D eigenvalue weighted by atomic mass is 19.4. The van der Waals surface area contributed by atoms with Crippen LogP contribution in [0.5, 0.6) is 0 Å². The van der Waals surface area contributed by atoms with Gasteiger partial charge in [0.25, 0.3) is 5.92 Å². The van der Waals surface area contributed by atoms with Crippen LogP contribution in [0.1, 0.15) is 11.1 Å². The molecule has 1 rings (SSSR count). The minimum atomic E-state index is -4.59. The summed E-state index contributed by atoms with van der Waals surface area (Å²) in [5.41, 5.74) is 3.35. The van der Waals surface area contributed by atoms with Crippen LogP contribution in [0.25, 0.3) is 0 Å². The average molecular weight is 279 g/mol. The van der Waals surface area contributed by atoms with E-state index in [-0.39, 0.29) is 11.3 Å². The van der Waals surface area contributed by atoms with Gasteiger partial charge < -0.3 is 11.1 Å². The zero-order valence-corrected chi connectivity index (χ0v) is 9.56. The van der Waals surface area contributed by atoms with E-state index in [1.807, 2.05) is 0 Å². The molecule has 0 radical (unpaired) electrons. The normalized spacial score (nSPS) is 12.1. The molecule has 3 N–H and O–H groups in total. The molecule has 0 aliphatic heterocycles. The van der Waals surface area contributed by atoms with Crippen molar-refractivity contribution in [1.82, 2.24) is 0 Å². The van der Waals surface area contributed by atoms with Crippen molar-refractivity contribution in [2.45, 2.75) is 12.1 Å². The van der Waals surface area contributed by atoms with Gasteiger partial charge in [-0.15, -0.1) is 0 Å². The van der Waals surface area contributed by atoms with E-state index in [9.17, 15) is 22.0 Å².